The summed E-state index contributed by atoms with van der Waals surface area (Å²) in [5.74, 6) is 0.583. The summed E-state index contributed by atoms with van der Waals surface area (Å²) in [5, 5.41) is 0. The number of aliphatic imine (C=N–C) groups is 2. The number of anilines is 1. The van der Waals surface area contributed by atoms with E-state index in [0.717, 1.165) is 11.3 Å². The van der Waals surface area contributed by atoms with Gasteiger partial charge in [-0.15, -0.1) is 6.07 Å². The summed E-state index contributed by atoms with van der Waals surface area (Å²) in [4.78, 5) is 9.67. The van der Waals surface area contributed by atoms with Crippen molar-refractivity contribution in [3.63, 3.8) is 0 Å². The van der Waals surface area contributed by atoms with Crippen LogP contribution >= 0.6 is 0 Å². The smallest absolute Gasteiger partial charge is 0.220 e. The molecule has 0 fully saturated rings. The fourth-order valence-corrected chi connectivity index (χ4v) is 1.30. The molecule has 0 atom stereocenters. The molecule has 1 aromatic rings. The molecule has 0 aliphatic carbocycles. The van der Waals surface area contributed by atoms with Crippen molar-refractivity contribution in [2.45, 2.75) is 6.92 Å². The Balaban J connectivity index is 0.00000128. The molecule has 1 heterocycles. The van der Waals surface area contributed by atoms with Gasteiger partial charge in [-0.3, -0.25) is 0 Å². The molecule has 1 radical (unpaired) electrons. The summed E-state index contributed by atoms with van der Waals surface area (Å²) < 4.78 is 0. The molecule has 2 rings (SSSR count). The van der Waals surface area contributed by atoms with Crippen LogP contribution in [0.3, 0.4) is 0 Å². The third kappa shape index (κ3) is 2.80. The van der Waals surface area contributed by atoms with E-state index in [1.807, 2.05) is 25.1 Å². The van der Waals surface area contributed by atoms with E-state index >= 15 is 0 Å². The zero-order valence-corrected chi connectivity index (χ0v) is 11.9. The molecule has 0 saturated heterocycles. The van der Waals surface area contributed by atoms with Gasteiger partial charge in [0.05, 0.1) is 0 Å². The number of guanidine groups is 2. The predicted octanol–water partition coefficient (Wildman–Crippen LogP) is 0.200. The number of rotatable bonds is 1. The molecule has 0 bridgehead atoms. The maximum absolute atomic E-state index is 5.74. The molecule has 0 unspecified atom stereocenters. The summed E-state index contributed by atoms with van der Waals surface area (Å²) in [6.45, 7) is 2.38. The Hall–Kier alpha value is -0.936. The first-order valence-electron chi connectivity index (χ1n) is 4.57. The van der Waals surface area contributed by atoms with E-state index in [-0.39, 0.29) is 38.7 Å². The van der Waals surface area contributed by atoms with Gasteiger partial charge in [-0.25, -0.2) is 4.99 Å². The van der Waals surface area contributed by atoms with Crippen LogP contribution in [0.4, 0.5) is 5.69 Å². The molecule has 4 N–H and O–H groups in total. The number of hydrogen-bond donors (Lipinski definition) is 2. The summed E-state index contributed by atoms with van der Waals surface area (Å²) >= 11 is 0. The molecule has 6 heteroatoms. The van der Waals surface area contributed by atoms with E-state index in [4.69, 9.17) is 11.5 Å². The van der Waals surface area contributed by atoms with Crippen LogP contribution in [0.15, 0.2) is 28.2 Å². The van der Waals surface area contributed by atoms with Crippen molar-refractivity contribution in [2.75, 3.05) is 11.6 Å². The topological polar surface area (TPSA) is 80.0 Å². The molecule has 1 aromatic carbocycles. The molecular formula is C10H12N5Y-. The van der Waals surface area contributed by atoms with E-state index < -0.39 is 0 Å². The molecular weight excluding hydrogens is 279 g/mol. The number of aryl methyl sites for hydroxylation is 1. The quantitative estimate of drug-likeness (QED) is 0.725. The van der Waals surface area contributed by atoms with Gasteiger partial charge in [0.1, 0.15) is 6.67 Å². The van der Waals surface area contributed by atoms with Gasteiger partial charge in [-0.05, 0) is 0 Å². The average molecular weight is 291 g/mol. The number of nitrogens with zero attached hydrogens (tertiary/aromatic N) is 3. The minimum absolute atomic E-state index is 0. The van der Waals surface area contributed by atoms with Crippen LogP contribution < -0.4 is 16.4 Å². The van der Waals surface area contributed by atoms with Crippen LogP contribution in [0, 0.1) is 13.0 Å². The predicted molar refractivity (Wildman–Crippen MR) is 60.6 cm³/mol. The Labute approximate surface area is 119 Å². The Morgan fingerprint density at radius 3 is 2.69 bits per heavy atom. The van der Waals surface area contributed by atoms with Crippen LogP contribution in [0.1, 0.15) is 5.56 Å². The van der Waals surface area contributed by atoms with E-state index in [1.165, 1.54) is 0 Å². The molecule has 0 spiro atoms. The van der Waals surface area contributed by atoms with Crippen molar-refractivity contribution < 1.29 is 32.7 Å². The van der Waals surface area contributed by atoms with Gasteiger partial charge in [0.15, 0.2) is 5.96 Å². The Morgan fingerprint density at radius 1 is 1.38 bits per heavy atom. The van der Waals surface area contributed by atoms with Gasteiger partial charge < -0.3 is 16.4 Å². The van der Waals surface area contributed by atoms with Crippen molar-refractivity contribution in [3.8, 4) is 0 Å². The summed E-state index contributed by atoms with van der Waals surface area (Å²) in [5.41, 5.74) is 13.2. The van der Waals surface area contributed by atoms with Crippen LogP contribution in [0.5, 0.6) is 0 Å². The molecule has 81 valence electrons. The largest absolute Gasteiger partial charge is 0.370 e. The van der Waals surface area contributed by atoms with Crippen LogP contribution in [-0.2, 0) is 32.7 Å². The zero-order chi connectivity index (χ0) is 10.8. The number of benzene rings is 1. The van der Waals surface area contributed by atoms with E-state index in [1.54, 1.807) is 4.90 Å². The molecule has 1 aliphatic rings. The summed E-state index contributed by atoms with van der Waals surface area (Å²) in [6, 6.07) is 8.87. The summed E-state index contributed by atoms with van der Waals surface area (Å²) in [7, 11) is 0. The molecule has 0 saturated carbocycles. The molecule has 1 aliphatic heterocycles. The van der Waals surface area contributed by atoms with E-state index in [0.29, 0.717) is 12.6 Å². The van der Waals surface area contributed by atoms with Gasteiger partial charge in [-0.2, -0.15) is 28.8 Å². The van der Waals surface area contributed by atoms with Gasteiger partial charge in [0.2, 0.25) is 5.96 Å². The summed E-state index contributed by atoms with van der Waals surface area (Å²) in [6.07, 6.45) is 0. The molecule has 5 nitrogen and oxygen atoms in total. The van der Waals surface area contributed by atoms with Crippen molar-refractivity contribution in [3.05, 3.63) is 29.8 Å². The van der Waals surface area contributed by atoms with Crippen LogP contribution in [0.25, 0.3) is 0 Å². The maximum atomic E-state index is 5.74. The second kappa shape index (κ2) is 5.41. The van der Waals surface area contributed by atoms with Crippen LogP contribution in [0.2, 0.25) is 0 Å². The average Bonchev–Trinajstić information content (AvgIpc) is 2.20. The zero-order valence-electron chi connectivity index (χ0n) is 9.01. The van der Waals surface area contributed by atoms with Crippen molar-refractivity contribution in [2.24, 2.45) is 21.5 Å². The first kappa shape index (κ1) is 13.1. The minimum Gasteiger partial charge on any atom is -0.370 e. The Morgan fingerprint density at radius 2 is 2.12 bits per heavy atom. The third-order valence-electron chi connectivity index (χ3n) is 2.14. The minimum atomic E-state index is 0. The number of nitrogens with two attached hydrogens (primary N) is 2. The first-order chi connectivity index (χ1) is 7.16. The van der Waals surface area contributed by atoms with E-state index in [9.17, 15) is 0 Å². The fraction of sp³-hybridized carbons (Fsp3) is 0.200. The second-order valence-electron chi connectivity index (χ2n) is 3.29. The Bertz CT molecular complexity index is 423. The molecule has 0 aromatic heterocycles. The SMILES string of the molecule is Cc1[c-]cc(N2CN=C(N)N=C2N)cc1.[Y]. The maximum Gasteiger partial charge on any atom is 0.220 e. The van der Waals surface area contributed by atoms with Crippen LogP contribution in [-0.4, -0.2) is 18.6 Å². The standard InChI is InChI=1S/C10H12N5.Y/c1-7-2-4-8(5-3-7)15-6-13-9(11)14-10(15)12;/h2,4-5H,6H2,1H3,(H4,11,12,13,14);/q-1;. The Kier molecular flexibility index (Phi) is 4.44. The second-order valence-corrected chi connectivity index (χ2v) is 3.29. The van der Waals surface area contributed by atoms with Gasteiger partial charge in [-0.1, -0.05) is 12.6 Å². The fourth-order valence-electron chi connectivity index (χ4n) is 1.30. The van der Waals surface area contributed by atoms with Gasteiger partial charge >= 0.3 is 0 Å². The molecule has 0 amide bonds. The monoisotopic (exact) mass is 291 g/mol. The normalized spacial score (nSPS) is 14.9. The van der Waals surface area contributed by atoms with Crippen molar-refractivity contribution in [1.29, 1.82) is 0 Å². The van der Waals surface area contributed by atoms with Gasteiger partial charge in [0, 0.05) is 32.7 Å². The van der Waals surface area contributed by atoms with Gasteiger partial charge in [0.25, 0.3) is 0 Å². The molecule has 16 heavy (non-hydrogen) atoms. The van der Waals surface area contributed by atoms with Crippen molar-refractivity contribution in [1.82, 2.24) is 0 Å². The first-order valence-corrected chi connectivity index (χ1v) is 4.57. The number of hydrogen-bond acceptors (Lipinski definition) is 5. The third-order valence-corrected chi connectivity index (χ3v) is 2.14. The van der Waals surface area contributed by atoms with Crippen molar-refractivity contribution >= 4 is 17.6 Å². The van der Waals surface area contributed by atoms with E-state index in [2.05, 4.69) is 16.1 Å².